The predicted molar refractivity (Wildman–Crippen MR) is 44.2 cm³/mol. The molecule has 0 bridgehead atoms. The van der Waals surface area contributed by atoms with Crippen LogP contribution in [0.15, 0.2) is 0 Å². The standard InChI is InChI=1S/C6H9F3N2O3S/c1-4-5(12)10-2-3-11(4)15(13,14)6(7,8)9/h4H,2-3H2,1H3,(H,10,12). The summed E-state index contributed by atoms with van der Waals surface area (Å²) in [4.78, 5) is 11.0. The van der Waals surface area contributed by atoms with Crippen molar-refractivity contribution >= 4 is 15.9 Å². The third kappa shape index (κ3) is 2.07. The molecule has 1 unspecified atom stereocenters. The summed E-state index contributed by atoms with van der Waals surface area (Å²) in [7, 11) is -5.41. The first-order valence-electron chi connectivity index (χ1n) is 4.04. The number of alkyl halides is 3. The van der Waals surface area contributed by atoms with E-state index in [1.165, 1.54) is 0 Å². The third-order valence-electron chi connectivity index (χ3n) is 2.04. The van der Waals surface area contributed by atoms with Gasteiger partial charge >= 0.3 is 15.5 Å². The monoisotopic (exact) mass is 246 g/mol. The molecular formula is C6H9F3N2O3S. The van der Waals surface area contributed by atoms with Gasteiger partial charge in [-0.05, 0) is 6.92 Å². The van der Waals surface area contributed by atoms with Crippen LogP contribution in [0.2, 0.25) is 0 Å². The van der Waals surface area contributed by atoms with Crippen LogP contribution < -0.4 is 5.32 Å². The molecule has 1 heterocycles. The lowest BCUT2D eigenvalue weighted by Gasteiger charge is -2.31. The van der Waals surface area contributed by atoms with Crippen LogP contribution in [0.1, 0.15) is 6.92 Å². The number of piperazine rings is 1. The van der Waals surface area contributed by atoms with Crippen molar-refractivity contribution in [1.29, 1.82) is 0 Å². The zero-order valence-electron chi connectivity index (χ0n) is 7.71. The van der Waals surface area contributed by atoms with E-state index in [0.29, 0.717) is 0 Å². The molecule has 0 aromatic heterocycles. The van der Waals surface area contributed by atoms with Gasteiger partial charge in [0.2, 0.25) is 5.91 Å². The summed E-state index contributed by atoms with van der Waals surface area (Å²) in [6, 6.07) is -1.33. The van der Waals surface area contributed by atoms with E-state index in [0.717, 1.165) is 6.92 Å². The van der Waals surface area contributed by atoms with Crippen molar-refractivity contribution < 1.29 is 26.4 Å². The zero-order chi connectivity index (χ0) is 11.9. The van der Waals surface area contributed by atoms with Crippen LogP contribution in [-0.2, 0) is 14.8 Å². The van der Waals surface area contributed by atoms with Gasteiger partial charge in [0.25, 0.3) is 0 Å². The van der Waals surface area contributed by atoms with Gasteiger partial charge in [-0.1, -0.05) is 0 Å². The molecule has 1 atom stereocenters. The second-order valence-corrected chi connectivity index (χ2v) is 4.91. The fourth-order valence-corrected chi connectivity index (χ4v) is 2.33. The molecule has 1 aliphatic heterocycles. The molecule has 15 heavy (non-hydrogen) atoms. The molecular weight excluding hydrogens is 237 g/mol. The van der Waals surface area contributed by atoms with Gasteiger partial charge in [0.1, 0.15) is 6.04 Å². The number of hydrogen-bond donors (Lipinski definition) is 1. The predicted octanol–water partition coefficient (Wildman–Crippen LogP) is -0.344. The Kier molecular flexibility index (Phi) is 2.97. The maximum atomic E-state index is 12.2. The molecule has 0 aromatic rings. The highest BCUT2D eigenvalue weighted by Gasteiger charge is 2.52. The number of rotatable bonds is 1. The first-order valence-corrected chi connectivity index (χ1v) is 5.48. The molecule has 0 spiro atoms. The minimum absolute atomic E-state index is 0.113. The highest BCUT2D eigenvalue weighted by Crippen LogP contribution is 2.28. The number of sulfonamides is 1. The summed E-state index contributed by atoms with van der Waals surface area (Å²) in [6.07, 6.45) is 0. The summed E-state index contributed by atoms with van der Waals surface area (Å²) in [6.45, 7) is 0.630. The maximum Gasteiger partial charge on any atom is 0.511 e. The molecule has 1 rings (SSSR count). The first-order chi connectivity index (χ1) is 6.68. The van der Waals surface area contributed by atoms with Crippen molar-refractivity contribution in [3.63, 3.8) is 0 Å². The second-order valence-electron chi connectivity index (χ2n) is 3.03. The Bertz CT molecular complexity index is 364. The van der Waals surface area contributed by atoms with Gasteiger partial charge in [0.05, 0.1) is 0 Å². The molecule has 5 nitrogen and oxygen atoms in total. The van der Waals surface area contributed by atoms with E-state index < -0.39 is 27.5 Å². The summed E-state index contributed by atoms with van der Waals surface area (Å²) >= 11 is 0. The van der Waals surface area contributed by atoms with Crippen molar-refractivity contribution in [3.8, 4) is 0 Å². The van der Waals surface area contributed by atoms with Crippen LogP contribution in [-0.4, -0.2) is 43.3 Å². The molecule has 0 saturated carbocycles. The molecule has 1 aliphatic rings. The van der Waals surface area contributed by atoms with Crippen LogP contribution in [0.4, 0.5) is 13.2 Å². The zero-order valence-corrected chi connectivity index (χ0v) is 8.52. The SMILES string of the molecule is CC1C(=O)NCCN1S(=O)(=O)C(F)(F)F. The lowest BCUT2D eigenvalue weighted by Crippen LogP contribution is -2.58. The van der Waals surface area contributed by atoms with Gasteiger partial charge in [-0.15, -0.1) is 0 Å². The average molecular weight is 246 g/mol. The van der Waals surface area contributed by atoms with Crippen molar-refractivity contribution in [2.75, 3.05) is 13.1 Å². The van der Waals surface area contributed by atoms with E-state index in [2.05, 4.69) is 5.32 Å². The van der Waals surface area contributed by atoms with Gasteiger partial charge in [0.15, 0.2) is 0 Å². The van der Waals surface area contributed by atoms with Gasteiger partial charge in [-0.3, -0.25) is 4.79 Å². The van der Waals surface area contributed by atoms with Crippen LogP contribution in [0.25, 0.3) is 0 Å². The minimum Gasteiger partial charge on any atom is -0.353 e. The summed E-state index contributed by atoms with van der Waals surface area (Å²) < 4.78 is 58.6. The van der Waals surface area contributed by atoms with Gasteiger partial charge in [-0.2, -0.15) is 17.5 Å². The Labute approximate surface area is 84.3 Å². The van der Waals surface area contributed by atoms with Gasteiger partial charge < -0.3 is 5.32 Å². The van der Waals surface area contributed by atoms with Crippen molar-refractivity contribution in [3.05, 3.63) is 0 Å². The molecule has 0 radical (unpaired) electrons. The van der Waals surface area contributed by atoms with Crippen LogP contribution >= 0.6 is 0 Å². The van der Waals surface area contributed by atoms with E-state index >= 15 is 0 Å². The molecule has 88 valence electrons. The van der Waals surface area contributed by atoms with E-state index in [9.17, 15) is 26.4 Å². The molecule has 1 fully saturated rings. The average Bonchev–Trinajstić information content (AvgIpc) is 2.07. The highest BCUT2D eigenvalue weighted by molar-refractivity contribution is 7.90. The fourth-order valence-electron chi connectivity index (χ4n) is 1.22. The number of carbonyl (C=O) groups excluding carboxylic acids is 1. The summed E-state index contributed by atoms with van der Waals surface area (Å²) in [5.74, 6) is -0.728. The molecule has 1 saturated heterocycles. The largest absolute Gasteiger partial charge is 0.511 e. The Morgan fingerprint density at radius 3 is 2.47 bits per heavy atom. The molecule has 0 aliphatic carbocycles. The van der Waals surface area contributed by atoms with Crippen LogP contribution in [0.3, 0.4) is 0 Å². The highest BCUT2D eigenvalue weighted by atomic mass is 32.2. The quantitative estimate of drug-likeness (QED) is 0.688. The summed E-state index contributed by atoms with van der Waals surface area (Å²) in [5, 5.41) is 2.27. The lowest BCUT2D eigenvalue weighted by atomic mass is 10.2. The number of amides is 1. The third-order valence-corrected chi connectivity index (χ3v) is 3.75. The van der Waals surface area contributed by atoms with Crippen molar-refractivity contribution in [2.24, 2.45) is 0 Å². The molecule has 9 heteroatoms. The van der Waals surface area contributed by atoms with Crippen LogP contribution in [0.5, 0.6) is 0 Å². The number of carbonyl (C=O) groups is 1. The topological polar surface area (TPSA) is 66.5 Å². The Balaban J connectivity index is 3.03. The van der Waals surface area contributed by atoms with Gasteiger partial charge in [0, 0.05) is 13.1 Å². The second kappa shape index (κ2) is 3.63. The van der Waals surface area contributed by atoms with Crippen LogP contribution in [0, 0.1) is 0 Å². The minimum atomic E-state index is -5.41. The number of halogens is 3. The first kappa shape index (κ1) is 12.2. The Morgan fingerprint density at radius 1 is 1.47 bits per heavy atom. The number of hydrogen-bond acceptors (Lipinski definition) is 3. The molecule has 0 aromatic carbocycles. The maximum absolute atomic E-state index is 12.2. The Morgan fingerprint density at radius 2 is 2.00 bits per heavy atom. The van der Waals surface area contributed by atoms with E-state index in [1.807, 2.05) is 0 Å². The number of nitrogens with zero attached hydrogens (tertiary/aromatic N) is 1. The Hall–Kier alpha value is -0.830. The molecule has 1 amide bonds. The van der Waals surface area contributed by atoms with Crippen molar-refractivity contribution in [2.45, 2.75) is 18.5 Å². The van der Waals surface area contributed by atoms with E-state index in [4.69, 9.17) is 0 Å². The van der Waals surface area contributed by atoms with E-state index in [1.54, 1.807) is 0 Å². The normalized spacial score (nSPS) is 25.1. The van der Waals surface area contributed by atoms with E-state index in [-0.39, 0.29) is 17.4 Å². The summed E-state index contributed by atoms with van der Waals surface area (Å²) in [5.41, 5.74) is -5.36. The van der Waals surface area contributed by atoms with Gasteiger partial charge in [-0.25, -0.2) is 8.42 Å². The lowest BCUT2D eigenvalue weighted by molar-refractivity contribution is -0.126. The molecule has 1 N–H and O–H groups in total. The number of nitrogens with one attached hydrogen (secondary N) is 1. The fraction of sp³-hybridized carbons (Fsp3) is 0.833. The van der Waals surface area contributed by atoms with Crippen molar-refractivity contribution in [1.82, 2.24) is 9.62 Å². The smallest absolute Gasteiger partial charge is 0.353 e.